The Hall–Kier alpha value is 0.01000. The number of aliphatic hydroxyl groups excluding tert-OH is 1. The number of hydrogen-bond acceptors (Lipinski definition) is 2. The molecular formula is C9H11BrOS. The minimum absolute atomic E-state index is 0.405. The molecule has 1 aromatic carbocycles. The van der Waals surface area contributed by atoms with Crippen molar-refractivity contribution in [1.82, 2.24) is 0 Å². The summed E-state index contributed by atoms with van der Waals surface area (Å²) >= 11 is 7.45. The molecule has 0 fully saturated rings. The van der Waals surface area contributed by atoms with Crippen LogP contribution in [0.3, 0.4) is 0 Å². The molecule has 1 aromatic rings. The standard InChI is InChI=1S/C9H11BrOS/c10-8-4-2-1-3-7(8)9(11)5-6-12/h1-4,9,11-12H,5-6H2. The Morgan fingerprint density at radius 2 is 2.08 bits per heavy atom. The van der Waals surface area contributed by atoms with Gasteiger partial charge in [0.05, 0.1) is 6.10 Å². The van der Waals surface area contributed by atoms with Crippen molar-refractivity contribution < 1.29 is 5.11 Å². The SMILES string of the molecule is OC(CCS)c1ccccc1Br. The topological polar surface area (TPSA) is 20.2 Å². The van der Waals surface area contributed by atoms with Crippen molar-refractivity contribution in [1.29, 1.82) is 0 Å². The highest BCUT2D eigenvalue weighted by Gasteiger charge is 2.08. The number of halogens is 1. The van der Waals surface area contributed by atoms with Gasteiger partial charge in [-0.15, -0.1) is 0 Å². The molecule has 0 saturated heterocycles. The molecule has 0 heterocycles. The number of aliphatic hydroxyl groups is 1. The molecule has 0 aliphatic carbocycles. The molecule has 0 spiro atoms. The predicted molar refractivity (Wildman–Crippen MR) is 57.6 cm³/mol. The fourth-order valence-electron chi connectivity index (χ4n) is 1.02. The van der Waals surface area contributed by atoms with Gasteiger partial charge in [0.2, 0.25) is 0 Å². The Kier molecular flexibility index (Phi) is 4.12. The molecule has 3 heteroatoms. The van der Waals surface area contributed by atoms with Crippen LogP contribution in [0.4, 0.5) is 0 Å². The second-order valence-electron chi connectivity index (χ2n) is 2.55. The summed E-state index contributed by atoms with van der Waals surface area (Å²) in [7, 11) is 0. The molecule has 1 N–H and O–H groups in total. The average molecular weight is 247 g/mol. The third-order valence-electron chi connectivity index (χ3n) is 1.67. The number of rotatable bonds is 3. The Balaban J connectivity index is 2.79. The fourth-order valence-corrected chi connectivity index (χ4v) is 1.82. The van der Waals surface area contributed by atoms with Crippen molar-refractivity contribution in [2.45, 2.75) is 12.5 Å². The average Bonchev–Trinajstić information content (AvgIpc) is 2.05. The first-order chi connectivity index (χ1) is 5.75. The van der Waals surface area contributed by atoms with E-state index in [1.807, 2.05) is 24.3 Å². The zero-order valence-corrected chi connectivity index (χ0v) is 9.05. The number of hydrogen-bond donors (Lipinski definition) is 2. The molecule has 0 radical (unpaired) electrons. The summed E-state index contributed by atoms with van der Waals surface area (Å²) in [6.07, 6.45) is 0.282. The molecule has 0 amide bonds. The highest BCUT2D eigenvalue weighted by Crippen LogP contribution is 2.25. The molecule has 0 aliphatic rings. The summed E-state index contributed by atoms with van der Waals surface area (Å²) in [6.45, 7) is 0. The molecule has 1 unspecified atom stereocenters. The van der Waals surface area contributed by atoms with E-state index in [0.717, 1.165) is 10.0 Å². The lowest BCUT2D eigenvalue weighted by Gasteiger charge is -2.10. The van der Waals surface area contributed by atoms with E-state index in [1.54, 1.807) is 0 Å². The van der Waals surface area contributed by atoms with Crippen LogP contribution < -0.4 is 0 Å². The van der Waals surface area contributed by atoms with E-state index < -0.39 is 6.10 Å². The van der Waals surface area contributed by atoms with Crippen molar-refractivity contribution in [2.24, 2.45) is 0 Å². The third-order valence-corrected chi connectivity index (χ3v) is 2.65. The highest BCUT2D eigenvalue weighted by atomic mass is 79.9. The van der Waals surface area contributed by atoms with Gasteiger partial charge in [0, 0.05) is 4.47 Å². The van der Waals surface area contributed by atoms with E-state index >= 15 is 0 Å². The second kappa shape index (κ2) is 4.90. The van der Waals surface area contributed by atoms with Crippen LogP contribution in [0.5, 0.6) is 0 Å². The second-order valence-corrected chi connectivity index (χ2v) is 3.85. The van der Waals surface area contributed by atoms with E-state index in [2.05, 4.69) is 28.6 Å². The van der Waals surface area contributed by atoms with Crippen LogP contribution in [0, 0.1) is 0 Å². The van der Waals surface area contributed by atoms with Crippen LogP contribution in [0.15, 0.2) is 28.7 Å². The number of thiol groups is 1. The van der Waals surface area contributed by atoms with E-state index in [1.165, 1.54) is 0 Å². The van der Waals surface area contributed by atoms with E-state index in [0.29, 0.717) is 12.2 Å². The van der Waals surface area contributed by atoms with Crippen molar-refractivity contribution in [2.75, 3.05) is 5.75 Å². The molecule has 1 nitrogen and oxygen atoms in total. The summed E-state index contributed by atoms with van der Waals surface area (Å²) in [5.41, 5.74) is 0.937. The molecular weight excluding hydrogens is 236 g/mol. The van der Waals surface area contributed by atoms with Crippen LogP contribution in [0.1, 0.15) is 18.1 Å². The maximum absolute atomic E-state index is 9.62. The first-order valence-electron chi connectivity index (χ1n) is 3.79. The van der Waals surface area contributed by atoms with Gasteiger partial charge in [-0.25, -0.2) is 0 Å². The molecule has 0 aliphatic heterocycles. The molecule has 0 saturated carbocycles. The molecule has 0 aromatic heterocycles. The largest absolute Gasteiger partial charge is 0.388 e. The van der Waals surface area contributed by atoms with Crippen molar-refractivity contribution in [3.8, 4) is 0 Å². The first kappa shape index (κ1) is 10.1. The minimum atomic E-state index is -0.405. The third kappa shape index (κ3) is 2.51. The molecule has 0 bridgehead atoms. The highest BCUT2D eigenvalue weighted by molar-refractivity contribution is 9.10. The maximum Gasteiger partial charge on any atom is 0.0808 e. The van der Waals surface area contributed by atoms with Crippen LogP contribution >= 0.6 is 28.6 Å². The van der Waals surface area contributed by atoms with Gasteiger partial charge in [0.1, 0.15) is 0 Å². The van der Waals surface area contributed by atoms with Crippen molar-refractivity contribution >= 4 is 28.6 Å². The summed E-state index contributed by atoms with van der Waals surface area (Å²) < 4.78 is 0.958. The lowest BCUT2D eigenvalue weighted by atomic mass is 10.1. The Morgan fingerprint density at radius 1 is 1.42 bits per heavy atom. The van der Waals surface area contributed by atoms with Gasteiger partial charge in [0.25, 0.3) is 0 Å². The summed E-state index contributed by atoms with van der Waals surface area (Å²) in [4.78, 5) is 0. The smallest absolute Gasteiger partial charge is 0.0808 e. The molecule has 1 atom stereocenters. The zero-order valence-electron chi connectivity index (χ0n) is 6.57. The van der Waals surface area contributed by atoms with Gasteiger partial charge in [-0.1, -0.05) is 34.1 Å². The van der Waals surface area contributed by atoms with Crippen LogP contribution in [0.25, 0.3) is 0 Å². The normalized spacial score (nSPS) is 12.9. The quantitative estimate of drug-likeness (QED) is 0.787. The maximum atomic E-state index is 9.62. The summed E-state index contributed by atoms with van der Waals surface area (Å²) in [6, 6.07) is 7.69. The van der Waals surface area contributed by atoms with Crippen LogP contribution in [0.2, 0.25) is 0 Å². The van der Waals surface area contributed by atoms with Crippen molar-refractivity contribution in [3.63, 3.8) is 0 Å². The van der Waals surface area contributed by atoms with Gasteiger partial charge in [0.15, 0.2) is 0 Å². The minimum Gasteiger partial charge on any atom is -0.388 e. The zero-order chi connectivity index (χ0) is 8.97. The summed E-state index contributed by atoms with van der Waals surface area (Å²) in [5, 5.41) is 9.62. The number of benzene rings is 1. The predicted octanol–water partition coefficient (Wildman–Crippen LogP) is 2.80. The monoisotopic (exact) mass is 246 g/mol. The van der Waals surface area contributed by atoms with E-state index in [9.17, 15) is 5.11 Å². The Morgan fingerprint density at radius 3 is 2.67 bits per heavy atom. The Bertz CT molecular complexity index is 252. The van der Waals surface area contributed by atoms with Gasteiger partial charge in [-0.2, -0.15) is 12.6 Å². The van der Waals surface area contributed by atoms with Crippen LogP contribution in [-0.4, -0.2) is 10.9 Å². The summed E-state index contributed by atoms with van der Waals surface area (Å²) in [5.74, 6) is 0.697. The first-order valence-corrected chi connectivity index (χ1v) is 5.21. The fraction of sp³-hybridized carbons (Fsp3) is 0.333. The lowest BCUT2D eigenvalue weighted by Crippen LogP contribution is -1.98. The van der Waals surface area contributed by atoms with Crippen molar-refractivity contribution in [3.05, 3.63) is 34.3 Å². The van der Waals surface area contributed by atoms with E-state index in [4.69, 9.17) is 0 Å². The Labute approximate surface area is 86.3 Å². The van der Waals surface area contributed by atoms with Gasteiger partial charge in [-0.05, 0) is 23.8 Å². The molecule has 12 heavy (non-hydrogen) atoms. The van der Waals surface area contributed by atoms with Gasteiger partial charge >= 0.3 is 0 Å². The van der Waals surface area contributed by atoms with Crippen LogP contribution in [-0.2, 0) is 0 Å². The van der Waals surface area contributed by atoms with Gasteiger partial charge in [-0.3, -0.25) is 0 Å². The van der Waals surface area contributed by atoms with E-state index in [-0.39, 0.29) is 0 Å². The van der Waals surface area contributed by atoms with Gasteiger partial charge < -0.3 is 5.11 Å². The molecule has 66 valence electrons. The lowest BCUT2D eigenvalue weighted by molar-refractivity contribution is 0.174. The molecule has 1 rings (SSSR count).